The van der Waals surface area contributed by atoms with Gasteiger partial charge in [-0.1, -0.05) is 19.3 Å². The molecular weight excluding hydrogens is 364 g/mol. The topological polar surface area (TPSA) is 82.6 Å². The molecule has 0 bridgehead atoms. The molecule has 0 atom stereocenters. The highest BCUT2D eigenvalue weighted by Gasteiger charge is 2.29. The summed E-state index contributed by atoms with van der Waals surface area (Å²) in [4.78, 5) is 19.3. The fraction of sp³-hybridized carbons (Fsp3) is 0.684. The van der Waals surface area contributed by atoms with Crippen LogP contribution in [0.1, 0.15) is 54.5 Å². The average Bonchev–Trinajstić information content (AvgIpc) is 2.66. The van der Waals surface area contributed by atoms with Crippen molar-refractivity contribution < 1.29 is 13.2 Å². The molecule has 150 valence electrons. The van der Waals surface area contributed by atoms with Crippen LogP contribution in [-0.2, 0) is 34.5 Å². The summed E-state index contributed by atoms with van der Waals surface area (Å²) in [7, 11) is -0.482. The molecule has 2 heterocycles. The maximum Gasteiger partial charge on any atom is 0.279 e. The molecule has 0 aromatic carbocycles. The molecule has 0 saturated heterocycles. The number of pyridine rings is 1. The molecule has 0 spiro atoms. The third kappa shape index (κ3) is 4.50. The van der Waals surface area contributed by atoms with Gasteiger partial charge < -0.3 is 4.90 Å². The lowest BCUT2D eigenvalue weighted by molar-refractivity contribution is -0.137. The first-order valence-electron chi connectivity index (χ1n) is 9.71. The predicted octanol–water partition coefficient (Wildman–Crippen LogP) is 1.75. The Morgan fingerprint density at radius 3 is 2.67 bits per heavy atom. The normalized spacial score (nSPS) is 18.6. The van der Waals surface area contributed by atoms with E-state index in [0.717, 1.165) is 58.8 Å². The number of hydrogen-bond donors (Lipinski definition) is 1. The van der Waals surface area contributed by atoms with E-state index in [9.17, 15) is 13.2 Å². The number of hydrogen-bond acceptors (Lipinski definition) is 4. The molecular formula is C19H30N4O3S. The van der Waals surface area contributed by atoms with Gasteiger partial charge in [0.2, 0.25) is 5.91 Å². The summed E-state index contributed by atoms with van der Waals surface area (Å²) >= 11 is 0. The highest BCUT2D eigenvalue weighted by Crippen LogP contribution is 2.29. The first-order chi connectivity index (χ1) is 12.8. The summed E-state index contributed by atoms with van der Waals surface area (Å²) in [5.41, 5.74) is 3.94. The zero-order valence-electron chi connectivity index (χ0n) is 16.5. The van der Waals surface area contributed by atoms with Crippen LogP contribution >= 0.6 is 0 Å². The molecule has 1 fully saturated rings. The van der Waals surface area contributed by atoms with Crippen molar-refractivity contribution >= 4 is 16.1 Å². The molecule has 3 rings (SSSR count). The van der Waals surface area contributed by atoms with Gasteiger partial charge in [0.05, 0.1) is 0 Å². The summed E-state index contributed by atoms with van der Waals surface area (Å²) in [5.74, 6) is 0.445. The van der Waals surface area contributed by atoms with Crippen molar-refractivity contribution in [1.82, 2.24) is 18.9 Å². The van der Waals surface area contributed by atoms with E-state index < -0.39 is 10.2 Å². The molecule has 0 radical (unpaired) electrons. The Balaban J connectivity index is 1.75. The molecule has 27 heavy (non-hydrogen) atoms. The van der Waals surface area contributed by atoms with E-state index in [2.05, 4.69) is 9.71 Å². The van der Waals surface area contributed by atoms with E-state index in [1.165, 1.54) is 20.5 Å². The summed E-state index contributed by atoms with van der Waals surface area (Å²) in [6.45, 7) is 3.39. The highest BCUT2D eigenvalue weighted by molar-refractivity contribution is 7.87. The number of rotatable bonds is 5. The van der Waals surface area contributed by atoms with Gasteiger partial charge in [0.1, 0.15) is 0 Å². The van der Waals surface area contributed by atoms with Crippen LogP contribution in [0.25, 0.3) is 0 Å². The largest absolute Gasteiger partial charge is 0.338 e. The molecule has 1 aliphatic heterocycles. The van der Waals surface area contributed by atoms with Crippen LogP contribution in [0.4, 0.5) is 0 Å². The second kappa shape index (κ2) is 8.24. The molecule has 0 unspecified atom stereocenters. The Kier molecular flexibility index (Phi) is 6.18. The Bertz CT molecular complexity index is 801. The first kappa shape index (κ1) is 20.2. The zero-order chi connectivity index (χ0) is 19.6. The standard InChI is InChI=1S/C19H30N4O3S/c1-14-18(12-21-27(25,26)22(2)3)17-9-10-23(13-16(17)11-20-14)19(24)15-7-5-4-6-8-15/h11,15,21H,4-10,12-13H2,1-3H3. The highest BCUT2D eigenvalue weighted by atomic mass is 32.2. The van der Waals surface area contributed by atoms with E-state index in [1.54, 1.807) is 0 Å². The lowest BCUT2D eigenvalue weighted by Crippen LogP contribution is -2.41. The van der Waals surface area contributed by atoms with Gasteiger partial charge in [-0.15, -0.1) is 0 Å². The van der Waals surface area contributed by atoms with Gasteiger partial charge in [-0.05, 0) is 42.9 Å². The summed E-state index contributed by atoms with van der Waals surface area (Å²) < 4.78 is 27.9. The quantitative estimate of drug-likeness (QED) is 0.825. The van der Waals surface area contributed by atoms with Gasteiger partial charge in [-0.2, -0.15) is 17.4 Å². The number of aryl methyl sites for hydroxylation is 1. The lowest BCUT2D eigenvalue weighted by atomic mass is 9.87. The van der Waals surface area contributed by atoms with Gasteiger partial charge in [-0.25, -0.2) is 0 Å². The van der Waals surface area contributed by atoms with Gasteiger partial charge >= 0.3 is 0 Å². The summed E-state index contributed by atoms with van der Waals surface area (Å²) in [6, 6.07) is 0. The summed E-state index contributed by atoms with van der Waals surface area (Å²) in [6.07, 6.45) is 8.14. The maximum atomic E-state index is 12.9. The number of nitrogens with zero attached hydrogens (tertiary/aromatic N) is 3. The van der Waals surface area contributed by atoms with Crippen molar-refractivity contribution in [3.8, 4) is 0 Å². The monoisotopic (exact) mass is 394 g/mol. The van der Waals surface area contributed by atoms with E-state index in [0.29, 0.717) is 13.1 Å². The van der Waals surface area contributed by atoms with Gasteiger partial charge in [0.25, 0.3) is 10.2 Å². The molecule has 1 saturated carbocycles. The third-order valence-corrected chi connectivity index (χ3v) is 7.24. The smallest absolute Gasteiger partial charge is 0.279 e. The third-order valence-electron chi connectivity index (χ3n) is 5.77. The molecule has 1 aliphatic carbocycles. The van der Waals surface area contributed by atoms with Crippen LogP contribution in [-0.4, -0.2) is 49.2 Å². The number of aromatic nitrogens is 1. The molecule has 1 amide bonds. The average molecular weight is 395 g/mol. The van der Waals surface area contributed by atoms with Gasteiger partial charge in [0, 0.05) is 51.5 Å². The van der Waals surface area contributed by atoms with E-state index in [-0.39, 0.29) is 18.4 Å². The number of nitrogens with one attached hydrogen (secondary N) is 1. The van der Waals surface area contributed by atoms with Crippen LogP contribution in [0, 0.1) is 12.8 Å². The second-order valence-electron chi connectivity index (χ2n) is 7.78. The maximum absolute atomic E-state index is 12.9. The van der Waals surface area contributed by atoms with Crippen molar-refractivity contribution in [3.05, 3.63) is 28.6 Å². The van der Waals surface area contributed by atoms with Crippen LogP contribution in [0.5, 0.6) is 0 Å². The Morgan fingerprint density at radius 1 is 1.30 bits per heavy atom. The van der Waals surface area contributed by atoms with Crippen molar-refractivity contribution in [2.24, 2.45) is 5.92 Å². The van der Waals surface area contributed by atoms with E-state index >= 15 is 0 Å². The van der Waals surface area contributed by atoms with Crippen LogP contribution in [0.3, 0.4) is 0 Å². The number of fused-ring (bicyclic) bond motifs is 1. The predicted molar refractivity (Wildman–Crippen MR) is 104 cm³/mol. The minimum Gasteiger partial charge on any atom is -0.338 e. The van der Waals surface area contributed by atoms with Gasteiger partial charge in [-0.3, -0.25) is 9.78 Å². The van der Waals surface area contributed by atoms with Crippen molar-refractivity contribution in [2.45, 2.75) is 58.5 Å². The van der Waals surface area contributed by atoms with Crippen LogP contribution in [0.15, 0.2) is 6.20 Å². The minimum atomic E-state index is -3.49. The fourth-order valence-corrected chi connectivity index (χ4v) is 4.63. The Labute approximate surface area is 162 Å². The first-order valence-corrected chi connectivity index (χ1v) is 11.2. The van der Waals surface area contributed by atoms with Crippen LogP contribution in [0.2, 0.25) is 0 Å². The van der Waals surface area contributed by atoms with Crippen molar-refractivity contribution in [3.63, 3.8) is 0 Å². The van der Waals surface area contributed by atoms with E-state index in [4.69, 9.17) is 0 Å². The summed E-state index contributed by atoms with van der Waals surface area (Å²) in [5, 5.41) is 0. The Hall–Kier alpha value is -1.51. The second-order valence-corrected chi connectivity index (χ2v) is 9.75. The molecule has 8 heteroatoms. The lowest BCUT2D eigenvalue weighted by Gasteiger charge is -2.34. The van der Waals surface area contributed by atoms with Crippen molar-refractivity contribution in [2.75, 3.05) is 20.6 Å². The van der Waals surface area contributed by atoms with Crippen LogP contribution < -0.4 is 4.72 Å². The SMILES string of the molecule is Cc1ncc2c(c1CNS(=O)(=O)N(C)C)CCN(C(=O)C1CCCCC1)C2. The fourth-order valence-electron chi connectivity index (χ4n) is 4.04. The molecule has 7 nitrogen and oxygen atoms in total. The number of amides is 1. The zero-order valence-corrected chi connectivity index (χ0v) is 17.3. The molecule has 2 aliphatic rings. The number of carbonyl (C=O) groups excluding carboxylic acids is 1. The number of carbonyl (C=O) groups is 1. The van der Waals surface area contributed by atoms with Crippen molar-refractivity contribution in [1.29, 1.82) is 0 Å². The molecule has 1 N–H and O–H groups in total. The minimum absolute atomic E-state index is 0.171. The Morgan fingerprint density at radius 2 is 2.00 bits per heavy atom. The van der Waals surface area contributed by atoms with Gasteiger partial charge in [0.15, 0.2) is 0 Å². The molecule has 1 aromatic heterocycles. The van der Waals surface area contributed by atoms with E-state index in [1.807, 2.05) is 18.0 Å². The molecule has 1 aromatic rings.